The minimum atomic E-state index is -0.383. The lowest BCUT2D eigenvalue weighted by atomic mass is 10.2. The normalized spacial score (nSPS) is 13.6. The van der Waals surface area contributed by atoms with E-state index in [4.69, 9.17) is 0 Å². The number of carbonyl (C=O) groups excluding carboxylic acids is 2. The van der Waals surface area contributed by atoms with E-state index in [9.17, 15) is 9.59 Å². The highest BCUT2D eigenvalue weighted by Crippen LogP contribution is 2.16. The number of nitrogens with one attached hydrogen (secondary N) is 1. The smallest absolute Gasteiger partial charge is 0.337 e. The molecule has 1 aliphatic heterocycles. The van der Waals surface area contributed by atoms with E-state index in [1.54, 1.807) is 29.2 Å². The molecule has 1 fully saturated rings. The van der Waals surface area contributed by atoms with Crippen LogP contribution < -0.4 is 5.32 Å². The maximum Gasteiger partial charge on any atom is 0.337 e. The van der Waals surface area contributed by atoms with Crippen LogP contribution in [0.4, 0.5) is 11.5 Å². The van der Waals surface area contributed by atoms with Gasteiger partial charge in [0.25, 0.3) is 5.91 Å². The number of rotatable bonds is 4. The molecule has 1 saturated heterocycles. The molecule has 1 aliphatic rings. The van der Waals surface area contributed by atoms with Crippen LogP contribution in [-0.2, 0) is 4.74 Å². The highest BCUT2D eigenvalue weighted by molar-refractivity contribution is 5.92. The zero-order valence-corrected chi connectivity index (χ0v) is 13.4. The van der Waals surface area contributed by atoms with Gasteiger partial charge in [-0.25, -0.2) is 14.8 Å². The molecule has 0 bridgehead atoms. The molecule has 0 unspecified atom stereocenters. The van der Waals surface area contributed by atoms with E-state index in [-0.39, 0.29) is 11.9 Å². The molecule has 1 amide bonds. The molecule has 7 heteroatoms. The second-order valence-corrected chi connectivity index (χ2v) is 5.48. The molecule has 124 valence electrons. The van der Waals surface area contributed by atoms with Crippen LogP contribution in [0, 0.1) is 0 Å². The Kier molecular flexibility index (Phi) is 4.69. The fourth-order valence-corrected chi connectivity index (χ4v) is 2.54. The molecule has 0 atom stereocenters. The highest BCUT2D eigenvalue weighted by Gasteiger charge is 2.20. The number of benzene rings is 1. The third kappa shape index (κ3) is 3.51. The summed E-state index contributed by atoms with van der Waals surface area (Å²) >= 11 is 0. The second-order valence-electron chi connectivity index (χ2n) is 5.48. The van der Waals surface area contributed by atoms with Gasteiger partial charge in [0.1, 0.15) is 11.5 Å². The largest absolute Gasteiger partial charge is 0.465 e. The van der Waals surface area contributed by atoms with Crippen molar-refractivity contribution in [3.8, 4) is 0 Å². The molecule has 2 heterocycles. The molecule has 2 aromatic rings. The fourth-order valence-electron chi connectivity index (χ4n) is 2.54. The van der Waals surface area contributed by atoms with Crippen molar-refractivity contribution in [2.24, 2.45) is 0 Å². The molecule has 1 aromatic carbocycles. The van der Waals surface area contributed by atoms with Crippen molar-refractivity contribution in [3.05, 3.63) is 47.9 Å². The van der Waals surface area contributed by atoms with E-state index in [1.807, 2.05) is 0 Å². The number of hydrogen-bond donors (Lipinski definition) is 1. The van der Waals surface area contributed by atoms with Gasteiger partial charge in [-0.2, -0.15) is 0 Å². The lowest BCUT2D eigenvalue weighted by Crippen LogP contribution is -2.28. The van der Waals surface area contributed by atoms with Gasteiger partial charge in [0.05, 0.1) is 25.1 Å². The van der Waals surface area contributed by atoms with Gasteiger partial charge >= 0.3 is 5.97 Å². The van der Waals surface area contributed by atoms with Crippen molar-refractivity contribution in [2.45, 2.75) is 12.8 Å². The minimum absolute atomic E-state index is 0.0750. The molecule has 0 spiro atoms. The number of methoxy groups -OCH3 is 1. The van der Waals surface area contributed by atoms with Crippen LogP contribution in [0.2, 0.25) is 0 Å². The van der Waals surface area contributed by atoms with Crippen molar-refractivity contribution >= 4 is 23.4 Å². The monoisotopic (exact) mass is 326 g/mol. The number of nitrogens with zero attached hydrogens (tertiary/aromatic N) is 3. The first-order chi connectivity index (χ1) is 11.7. The average Bonchev–Trinajstić information content (AvgIpc) is 3.16. The molecule has 0 saturated carbocycles. The lowest BCUT2D eigenvalue weighted by molar-refractivity contribution is 0.0600. The topological polar surface area (TPSA) is 84.4 Å². The number of likely N-dealkylation sites (tertiary alicyclic amines) is 1. The van der Waals surface area contributed by atoms with Crippen LogP contribution in [0.25, 0.3) is 0 Å². The third-order valence-corrected chi connectivity index (χ3v) is 3.84. The summed E-state index contributed by atoms with van der Waals surface area (Å²) in [6.45, 7) is 1.57. The Morgan fingerprint density at radius 3 is 2.38 bits per heavy atom. The van der Waals surface area contributed by atoms with Gasteiger partial charge in [-0.1, -0.05) is 0 Å². The number of anilines is 2. The van der Waals surface area contributed by atoms with Gasteiger partial charge < -0.3 is 15.0 Å². The summed E-state index contributed by atoms with van der Waals surface area (Å²) < 4.78 is 4.65. The number of esters is 1. The molecule has 0 aliphatic carbocycles. The average molecular weight is 326 g/mol. The molecule has 7 nitrogen and oxygen atoms in total. The van der Waals surface area contributed by atoms with Crippen LogP contribution in [-0.4, -0.2) is 46.9 Å². The maximum atomic E-state index is 12.2. The SMILES string of the molecule is COC(=O)c1ccc(Nc2cnc(C(=O)N3CCCC3)cn2)cc1. The lowest BCUT2D eigenvalue weighted by Gasteiger charge is -2.14. The van der Waals surface area contributed by atoms with E-state index in [0.717, 1.165) is 31.6 Å². The molecule has 3 rings (SSSR count). The molecule has 0 radical (unpaired) electrons. The van der Waals surface area contributed by atoms with Crippen molar-refractivity contribution < 1.29 is 14.3 Å². The standard InChI is InChI=1S/C17H18N4O3/c1-24-17(23)12-4-6-13(7-5-12)20-15-11-18-14(10-19-15)16(22)21-8-2-3-9-21/h4-7,10-11H,2-3,8-9H2,1H3,(H,19,20). The third-order valence-electron chi connectivity index (χ3n) is 3.84. The Balaban J connectivity index is 1.65. The number of amides is 1. The van der Waals surface area contributed by atoms with Crippen molar-refractivity contribution in [2.75, 3.05) is 25.5 Å². The van der Waals surface area contributed by atoms with E-state index in [0.29, 0.717) is 17.1 Å². The molecular formula is C17H18N4O3. The van der Waals surface area contributed by atoms with Crippen LogP contribution in [0.1, 0.15) is 33.7 Å². The number of ether oxygens (including phenoxy) is 1. The van der Waals surface area contributed by atoms with Gasteiger partial charge in [-0.3, -0.25) is 4.79 Å². The molecule has 1 N–H and O–H groups in total. The zero-order chi connectivity index (χ0) is 16.9. The van der Waals surface area contributed by atoms with Crippen LogP contribution in [0.5, 0.6) is 0 Å². The summed E-state index contributed by atoms with van der Waals surface area (Å²) in [5, 5.41) is 3.07. The number of hydrogen-bond acceptors (Lipinski definition) is 6. The highest BCUT2D eigenvalue weighted by atomic mass is 16.5. The van der Waals surface area contributed by atoms with E-state index >= 15 is 0 Å². The summed E-state index contributed by atoms with van der Waals surface area (Å²) in [5.74, 6) is 0.0684. The summed E-state index contributed by atoms with van der Waals surface area (Å²) in [4.78, 5) is 33.8. The summed E-state index contributed by atoms with van der Waals surface area (Å²) in [7, 11) is 1.34. The predicted octanol–water partition coefficient (Wildman–Crippen LogP) is 2.24. The first kappa shape index (κ1) is 15.9. The van der Waals surface area contributed by atoms with Gasteiger partial charge in [-0.05, 0) is 37.1 Å². The fraction of sp³-hybridized carbons (Fsp3) is 0.294. The van der Waals surface area contributed by atoms with Gasteiger partial charge in [0, 0.05) is 18.8 Å². The second kappa shape index (κ2) is 7.08. The predicted molar refractivity (Wildman–Crippen MR) is 88.2 cm³/mol. The van der Waals surface area contributed by atoms with Crippen molar-refractivity contribution in [3.63, 3.8) is 0 Å². The first-order valence-electron chi connectivity index (χ1n) is 7.74. The van der Waals surface area contributed by atoms with Gasteiger partial charge in [0.15, 0.2) is 0 Å². The summed E-state index contributed by atoms with van der Waals surface area (Å²) in [6, 6.07) is 6.81. The van der Waals surface area contributed by atoms with Crippen molar-refractivity contribution in [1.29, 1.82) is 0 Å². The first-order valence-corrected chi connectivity index (χ1v) is 7.74. The van der Waals surface area contributed by atoms with Crippen LogP contribution in [0.3, 0.4) is 0 Å². The minimum Gasteiger partial charge on any atom is -0.465 e. The Morgan fingerprint density at radius 1 is 1.08 bits per heavy atom. The molecular weight excluding hydrogens is 308 g/mol. The Bertz CT molecular complexity index is 723. The quantitative estimate of drug-likeness (QED) is 0.868. The van der Waals surface area contributed by atoms with Crippen molar-refractivity contribution in [1.82, 2.24) is 14.9 Å². The van der Waals surface area contributed by atoms with E-state index < -0.39 is 0 Å². The Hall–Kier alpha value is -2.96. The Morgan fingerprint density at radius 2 is 1.79 bits per heavy atom. The molecule has 24 heavy (non-hydrogen) atoms. The van der Waals surface area contributed by atoms with E-state index in [2.05, 4.69) is 20.0 Å². The summed E-state index contributed by atoms with van der Waals surface area (Å²) in [6.07, 6.45) is 5.09. The maximum absolute atomic E-state index is 12.2. The Labute approximate surface area is 139 Å². The number of aromatic nitrogens is 2. The van der Waals surface area contributed by atoms with E-state index in [1.165, 1.54) is 19.5 Å². The number of carbonyl (C=O) groups is 2. The van der Waals surface area contributed by atoms with Crippen LogP contribution in [0.15, 0.2) is 36.7 Å². The molecule has 1 aromatic heterocycles. The van der Waals surface area contributed by atoms with Gasteiger partial charge in [-0.15, -0.1) is 0 Å². The zero-order valence-electron chi connectivity index (χ0n) is 13.4. The van der Waals surface area contributed by atoms with Crippen LogP contribution >= 0.6 is 0 Å². The van der Waals surface area contributed by atoms with Gasteiger partial charge in [0.2, 0.25) is 0 Å². The summed E-state index contributed by atoms with van der Waals surface area (Å²) in [5.41, 5.74) is 1.58.